The third kappa shape index (κ3) is 2.57. The van der Waals surface area contributed by atoms with E-state index in [-0.39, 0.29) is 16.7 Å². The van der Waals surface area contributed by atoms with E-state index in [0.29, 0.717) is 18.7 Å². The zero-order valence-electron chi connectivity index (χ0n) is 12.5. The summed E-state index contributed by atoms with van der Waals surface area (Å²) < 4.78 is -0.326. The van der Waals surface area contributed by atoms with Crippen LogP contribution in [0.25, 0.3) is 0 Å². The fraction of sp³-hybridized carbons (Fsp3) is 0.533. The van der Waals surface area contributed by atoms with Gasteiger partial charge in [0.2, 0.25) is 0 Å². The highest BCUT2D eigenvalue weighted by Gasteiger charge is 2.47. The largest absolute Gasteiger partial charge is 0.633 e. The second-order valence-corrected chi connectivity index (χ2v) is 6.04. The van der Waals surface area contributed by atoms with Crippen LogP contribution in [0.1, 0.15) is 31.1 Å². The van der Waals surface area contributed by atoms with E-state index in [1.807, 2.05) is 26.8 Å². The molecule has 0 spiro atoms. The van der Waals surface area contributed by atoms with Crippen molar-refractivity contribution in [2.75, 3.05) is 20.1 Å². The standard InChI is InChI=1S/C15H22N2O3/c1-12-15(2,3)17(4,19)11-10-16(12)20-14(18)13-8-6-5-7-9-13/h5-9,12H,10-11H2,1-4H3. The molecule has 0 amide bonds. The van der Waals surface area contributed by atoms with Gasteiger partial charge in [0.15, 0.2) is 0 Å². The highest BCUT2D eigenvalue weighted by Crippen LogP contribution is 2.32. The molecule has 0 aromatic heterocycles. The van der Waals surface area contributed by atoms with Crippen LogP contribution in [0.2, 0.25) is 0 Å². The summed E-state index contributed by atoms with van der Waals surface area (Å²) in [6.07, 6.45) is 0. The van der Waals surface area contributed by atoms with Gasteiger partial charge in [-0.1, -0.05) is 18.2 Å². The minimum absolute atomic E-state index is 0.147. The van der Waals surface area contributed by atoms with Crippen LogP contribution >= 0.6 is 0 Å². The number of quaternary nitrogens is 1. The monoisotopic (exact) mass is 278 g/mol. The molecule has 1 saturated heterocycles. The van der Waals surface area contributed by atoms with Crippen molar-refractivity contribution in [1.82, 2.24) is 5.06 Å². The number of hydroxylamine groups is 5. The Morgan fingerprint density at radius 2 is 2.00 bits per heavy atom. The molecular formula is C15H22N2O3. The van der Waals surface area contributed by atoms with Gasteiger partial charge in [-0.15, -0.1) is 5.06 Å². The topological polar surface area (TPSA) is 52.6 Å². The first-order valence-electron chi connectivity index (χ1n) is 6.86. The van der Waals surface area contributed by atoms with Crippen LogP contribution in [0.4, 0.5) is 0 Å². The lowest BCUT2D eigenvalue weighted by atomic mass is 9.91. The van der Waals surface area contributed by atoms with Gasteiger partial charge in [-0.3, -0.25) is 0 Å². The van der Waals surface area contributed by atoms with Gasteiger partial charge in [0, 0.05) is 0 Å². The molecule has 2 unspecified atom stereocenters. The lowest BCUT2D eigenvalue weighted by molar-refractivity contribution is -0.921. The number of hydrogen-bond acceptors (Lipinski definition) is 4. The normalized spacial score (nSPS) is 29.9. The number of nitrogens with zero attached hydrogens (tertiary/aromatic N) is 2. The molecule has 1 aromatic rings. The molecule has 0 saturated carbocycles. The molecule has 1 heterocycles. The van der Waals surface area contributed by atoms with E-state index in [1.165, 1.54) is 0 Å². The van der Waals surface area contributed by atoms with E-state index in [1.54, 1.807) is 36.4 Å². The maximum Gasteiger partial charge on any atom is 0.357 e. The minimum atomic E-state index is -0.533. The van der Waals surface area contributed by atoms with Gasteiger partial charge >= 0.3 is 5.97 Å². The quantitative estimate of drug-likeness (QED) is 0.614. The summed E-state index contributed by atoms with van der Waals surface area (Å²) in [5.41, 5.74) is -0.0164. The molecule has 1 aliphatic rings. The summed E-state index contributed by atoms with van der Waals surface area (Å²) in [5.74, 6) is -0.379. The van der Waals surface area contributed by atoms with Crippen molar-refractivity contribution >= 4 is 5.97 Å². The van der Waals surface area contributed by atoms with Crippen LogP contribution in [-0.4, -0.2) is 47.4 Å². The average Bonchev–Trinajstić information content (AvgIpc) is 2.41. The van der Waals surface area contributed by atoms with Crippen molar-refractivity contribution in [3.63, 3.8) is 0 Å². The number of benzene rings is 1. The molecule has 0 aliphatic carbocycles. The first-order chi connectivity index (χ1) is 9.25. The maximum absolute atomic E-state index is 12.5. The van der Waals surface area contributed by atoms with Crippen molar-refractivity contribution in [2.24, 2.45) is 0 Å². The van der Waals surface area contributed by atoms with Crippen molar-refractivity contribution in [3.05, 3.63) is 41.1 Å². The molecule has 2 rings (SSSR count). The van der Waals surface area contributed by atoms with Gasteiger partial charge in [-0.05, 0) is 32.9 Å². The number of piperazine rings is 1. The molecule has 20 heavy (non-hydrogen) atoms. The minimum Gasteiger partial charge on any atom is -0.633 e. The lowest BCUT2D eigenvalue weighted by Crippen LogP contribution is -2.70. The van der Waals surface area contributed by atoms with Gasteiger partial charge in [0.1, 0.15) is 5.54 Å². The summed E-state index contributed by atoms with van der Waals surface area (Å²) >= 11 is 0. The molecule has 2 atom stereocenters. The Bertz CT molecular complexity index is 485. The van der Waals surface area contributed by atoms with E-state index in [9.17, 15) is 10.0 Å². The third-order valence-corrected chi connectivity index (χ3v) is 4.63. The van der Waals surface area contributed by atoms with Crippen LogP contribution in [-0.2, 0) is 4.84 Å². The zero-order chi connectivity index (χ0) is 15.0. The Hall–Kier alpha value is -1.43. The highest BCUT2D eigenvalue weighted by molar-refractivity contribution is 5.89. The van der Waals surface area contributed by atoms with Crippen molar-refractivity contribution in [1.29, 1.82) is 0 Å². The summed E-state index contributed by atoms with van der Waals surface area (Å²) in [6.45, 7) is 6.59. The van der Waals surface area contributed by atoms with Crippen molar-refractivity contribution in [3.8, 4) is 0 Å². The maximum atomic E-state index is 12.5. The molecular weight excluding hydrogens is 256 g/mol. The Balaban J connectivity index is 2.10. The van der Waals surface area contributed by atoms with Crippen LogP contribution < -0.4 is 0 Å². The van der Waals surface area contributed by atoms with Crippen molar-refractivity contribution in [2.45, 2.75) is 32.4 Å². The summed E-state index contributed by atoms with van der Waals surface area (Å²) in [7, 11) is 1.67. The van der Waals surface area contributed by atoms with Crippen LogP contribution in [0, 0.1) is 5.21 Å². The number of carbonyl (C=O) groups excluding carboxylic acids is 1. The summed E-state index contributed by atoms with van der Waals surface area (Å²) in [4.78, 5) is 17.5. The smallest absolute Gasteiger partial charge is 0.357 e. The summed E-state index contributed by atoms with van der Waals surface area (Å²) in [6, 6.07) is 8.74. The van der Waals surface area contributed by atoms with Gasteiger partial charge in [-0.2, -0.15) is 0 Å². The fourth-order valence-corrected chi connectivity index (χ4v) is 2.38. The fourth-order valence-electron chi connectivity index (χ4n) is 2.38. The first kappa shape index (κ1) is 15.0. The number of hydrogen-bond donors (Lipinski definition) is 0. The molecule has 0 bridgehead atoms. The Labute approximate surface area is 119 Å². The predicted molar refractivity (Wildman–Crippen MR) is 76.5 cm³/mol. The van der Waals surface area contributed by atoms with Gasteiger partial charge in [0.25, 0.3) is 0 Å². The van der Waals surface area contributed by atoms with Gasteiger partial charge in [-0.25, -0.2) is 4.79 Å². The molecule has 5 heteroatoms. The predicted octanol–water partition coefficient (Wildman–Crippen LogP) is 2.19. The third-order valence-electron chi connectivity index (χ3n) is 4.63. The second-order valence-electron chi connectivity index (χ2n) is 6.04. The highest BCUT2D eigenvalue weighted by atomic mass is 16.7. The first-order valence-corrected chi connectivity index (χ1v) is 6.86. The molecule has 110 valence electrons. The molecule has 1 fully saturated rings. The molecule has 1 aromatic carbocycles. The van der Waals surface area contributed by atoms with Gasteiger partial charge in [0.05, 0.1) is 31.7 Å². The van der Waals surface area contributed by atoms with E-state index in [4.69, 9.17) is 4.84 Å². The van der Waals surface area contributed by atoms with E-state index < -0.39 is 5.54 Å². The molecule has 1 aliphatic heterocycles. The number of rotatable bonds is 2. The van der Waals surface area contributed by atoms with Crippen LogP contribution in [0.3, 0.4) is 0 Å². The van der Waals surface area contributed by atoms with Crippen molar-refractivity contribution < 1.29 is 14.3 Å². The molecule has 0 N–H and O–H groups in total. The number of likely N-dealkylation sites (N-methyl/N-ethyl adjacent to an activating group) is 1. The average molecular weight is 278 g/mol. The lowest BCUT2D eigenvalue weighted by Gasteiger charge is -2.58. The van der Waals surface area contributed by atoms with Crippen LogP contribution in [0.15, 0.2) is 30.3 Å². The van der Waals surface area contributed by atoms with E-state index in [2.05, 4.69) is 0 Å². The molecule has 5 nitrogen and oxygen atoms in total. The van der Waals surface area contributed by atoms with Gasteiger partial charge < -0.3 is 14.7 Å². The second kappa shape index (κ2) is 5.16. The SMILES string of the molecule is CC1N(OC(=O)c2ccccc2)CC[N+](C)([O-])C1(C)C. The Morgan fingerprint density at radius 3 is 2.60 bits per heavy atom. The van der Waals surface area contributed by atoms with E-state index in [0.717, 1.165) is 0 Å². The zero-order valence-corrected chi connectivity index (χ0v) is 12.5. The Kier molecular flexibility index (Phi) is 3.86. The van der Waals surface area contributed by atoms with E-state index >= 15 is 0 Å². The number of carbonyl (C=O) groups is 1. The molecule has 0 radical (unpaired) electrons. The Morgan fingerprint density at radius 1 is 1.40 bits per heavy atom. The van der Waals surface area contributed by atoms with Crippen LogP contribution in [0.5, 0.6) is 0 Å². The summed E-state index contributed by atoms with van der Waals surface area (Å²) in [5, 5.41) is 14.1.